The molecule has 11 heteroatoms. The van der Waals surface area contributed by atoms with E-state index in [4.69, 9.17) is 35.8 Å². The Morgan fingerprint density at radius 1 is 0.939 bits per heavy atom. The molecule has 1 unspecified atom stereocenters. The number of methoxy groups -OCH3 is 1. The number of nitrogens with two attached hydrogens (primary N) is 1. The van der Waals surface area contributed by atoms with Gasteiger partial charge in [0.25, 0.3) is 0 Å². The number of Topliss-reactive ketones (excluding diaryl/α,β-unsaturated/α-hetero) is 1. The van der Waals surface area contributed by atoms with E-state index in [-0.39, 0.29) is 59.5 Å². The van der Waals surface area contributed by atoms with Gasteiger partial charge >= 0.3 is 35.0 Å². The topological polar surface area (TPSA) is 152 Å². The minimum atomic E-state index is -1.32. The van der Waals surface area contributed by atoms with Gasteiger partial charge in [0, 0.05) is 17.5 Å². The molecule has 0 radical (unpaired) electrons. The summed E-state index contributed by atoms with van der Waals surface area (Å²) in [6, 6.07) is -0.391. The predicted octanol–water partition coefficient (Wildman–Crippen LogP) is 9.71. The molecule has 5 heterocycles. The fourth-order valence-corrected chi connectivity index (χ4v) is 10.5. The Morgan fingerprint density at radius 3 is 2.24 bits per heavy atom. The summed E-state index contributed by atoms with van der Waals surface area (Å²) in [4.78, 5) is 51.8. The summed E-state index contributed by atoms with van der Waals surface area (Å²) >= 11 is 0. The van der Waals surface area contributed by atoms with Crippen molar-refractivity contribution < 1.29 is 23.9 Å². The molecule has 2 N–H and O–H groups in total. The maximum absolute atomic E-state index is 14.5. The zero-order chi connectivity index (χ0) is 47.3. The average Bonchev–Trinajstić information content (AvgIpc) is 3.98. The van der Waals surface area contributed by atoms with Gasteiger partial charge in [0.2, 0.25) is 0 Å². The number of carbonyl (C=O) groups excluding carboxylic acids is 3. The fourth-order valence-electron chi connectivity index (χ4n) is 10.5. The third kappa shape index (κ3) is 11.4. The van der Waals surface area contributed by atoms with E-state index in [0.717, 1.165) is 75.4 Å². The second-order valence-corrected chi connectivity index (χ2v) is 20.2. The normalized spacial score (nSPS) is 26.0. The minimum Gasteiger partial charge on any atom is -0.681 e. The van der Waals surface area contributed by atoms with Crippen molar-refractivity contribution in [1.82, 2.24) is 9.97 Å². The molecule has 6 rings (SSSR count). The molecule has 354 valence electrons. The van der Waals surface area contributed by atoms with E-state index in [1.165, 1.54) is 57.6 Å². The number of hydrogen-bond donors (Lipinski definition) is 1. The molecule has 0 aromatic carbocycles. The molecule has 0 amide bonds. The predicted molar refractivity (Wildman–Crippen MR) is 268 cm³/mol. The van der Waals surface area contributed by atoms with Crippen LogP contribution in [0.25, 0.3) is 34.9 Å². The molecule has 10 nitrogen and oxygen atoms in total. The van der Waals surface area contributed by atoms with Crippen LogP contribution >= 0.6 is 0 Å². The van der Waals surface area contributed by atoms with Crippen LogP contribution < -0.4 is 26.4 Å². The first-order valence-electron chi connectivity index (χ1n) is 24.4. The molecule has 3 aliphatic heterocycles. The second kappa shape index (κ2) is 22.8. The summed E-state index contributed by atoms with van der Waals surface area (Å²) in [7, 11) is 1.28. The van der Waals surface area contributed by atoms with Crippen LogP contribution in [0.1, 0.15) is 160 Å². The van der Waals surface area contributed by atoms with Gasteiger partial charge in [-0.15, -0.1) is 39.6 Å². The molecule has 0 spiro atoms. The molecule has 2 aromatic heterocycles. The smallest absolute Gasteiger partial charge is 0.681 e. The van der Waals surface area contributed by atoms with E-state index >= 15 is 0 Å². The van der Waals surface area contributed by atoms with Crippen molar-refractivity contribution in [3.8, 4) is 0 Å². The van der Waals surface area contributed by atoms with Crippen molar-refractivity contribution >= 4 is 65.1 Å². The molecule has 66 heavy (non-hydrogen) atoms. The van der Waals surface area contributed by atoms with Gasteiger partial charge in [0.1, 0.15) is 12.5 Å². The van der Waals surface area contributed by atoms with E-state index in [0.29, 0.717) is 35.0 Å². The Bertz CT molecular complexity index is 2390. The van der Waals surface area contributed by atoms with E-state index < -0.39 is 29.3 Å². The quantitative estimate of drug-likeness (QED) is 0.0597. The summed E-state index contributed by atoms with van der Waals surface area (Å²) in [6.45, 7) is 25.9. The molecular formula is C55H75MgN5O5-2. The number of carbonyl (C=O) groups is 3. The number of allylic oxidation sites excluding steroid dienone is 3. The number of aromatic nitrogens is 2. The Kier molecular flexibility index (Phi) is 18.3. The van der Waals surface area contributed by atoms with Crippen molar-refractivity contribution in [2.24, 2.45) is 41.2 Å². The zero-order valence-electron chi connectivity index (χ0n) is 41.9. The molecule has 7 atom stereocenters. The Morgan fingerprint density at radius 2 is 1.61 bits per heavy atom. The number of esters is 2. The Balaban J connectivity index is 0.00000817. The maximum Gasteiger partial charge on any atom is 2.00 e. The van der Waals surface area contributed by atoms with Gasteiger partial charge in [-0.1, -0.05) is 145 Å². The van der Waals surface area contributed by atoms with Crippen LogP contribution in [0.3, 0.4) is 0 Å². The van der Waals surface area contributed by atoms with E-state index in [2.05, 4.69) is 68.0 Å². The van der Waals surface area contributed by atoms with Gasteiger partial charge < -0.3 is 35.8 Å². The number of fused-ring (bicyclic) bond motifs is 7. The monoisotopic (exact) mass is 910 g/mol. The summed E-state index contributed by atoms with van der Waals surface area (Å²) in [5, 5.41) is 11.9. The van der Waals surface area contributed by atoms with Crippen molar-refractivity contribution in [2.75, 3.05) is 13.7 Å². The molecular weight excluding hydrogens is 835 g/mol. The summed E-state index contributed by atoms with van der Waals surface area (Å²) < 4.78 is 11.1. The van der Waals surface area contributed by atoms with Gasteiger partial charge in [0.05, 0.1) is 7.11 Å². The van der Waals surface area contributed by atoms with Crippen molar-refractivity contribution in [3.63, 3.8) is 0 Å². The molecule has 4 aliphatic rings. The Labute approximate surface area is 411 Å². The largest absolute Gasteiger partial charge is 2.00 e. The number of nitrogens with zero attached hydrogens (tertiary/aromatic N) is 4. The number of ketones is 1. The van der Waals surface area contributed by atoms with Crippen LogP contribution in [0.4, 0.5) is 0 Å². The van der Waals surface area contributed by atoms with Crippen molar-refractivity contribution in [3.05, 3.63) is 101 Å². The summed E-state index contributed by atoms with van der Waals surface area (Å²) in [6.07, 6.45) is 22.3. The fraction of sp³-hybridized carbons (Fsp3) is 0.582. The second-order valence-electron chi connectivity index (χ2n) is 20.2. The average molecular weight is 911 g/mol. The van der Waals surface area contributed by atoms with Crippen molar-refractivity contribution in [1.29, 1.82) is 0 Å². The molecule has 1 aliphatic carbocycles. The van der Waals surface area contributed by atoms with Gasteiger partial charge in [-0.2, -0.15) is 5.70 Å². The van der Waals surface area contributed by atoms with E-state index in [1.54, 1.807) is 6.92 Å². The molecule has 1 fully saturated rings. The first-order chi connectivity index (χ1) is 30.9. The van der Waals surface area contributed by atoms with Crippen LogP contribution in [-0.2, 0) is 30.3 Å². The minimum absolute atomic E-state index is 0. The van der Waals surface area contributed by atoms with Crippen LogP contribution in [0.15, 0.2) is 46.5 Å². The molecule has 8 bridgehead atoms. The Hall–Kier alpha value is -4.06. The van der Waals surface area contributed by atoms with Crippen LogP contribution in [0.5, 0.6) is 0 Å². The third-order valence-corrected chi connectivity index (χ3v) is 14.7. The van der Waals surface area contributed by atoms with Crippen molar-refractivity contribution in [2.45, 2.75) is 158 Å². The number of rotatable bonds is 20. The maximum atomic E-state index is 14.5. The van der Waals surface area contributed by atoms with Gasteiger partial charge in [-0.25, -0.2) is 0 Å². The van der Waals surface area contributed by atoms with Crippen LogP contribution in [0.2, 0.25) is 0 Å². The number of hydrogen-bond acceptors (Lipinski definition) is 6. The summed E-state index contributed by atoms with van der Waals surface area (Å²) in [5.41, 5.74) is 14.5. The SMILES string of the molecule is C=Cc1c(C)/c2[n-]/c1=C\c1[n-]c(c(CC)c1C)/C=C1\[N-]C3=C(C(=O)[C@H](C(=O)OC)/C3=C3/[N-]C(\C=2)[C@@H](C)[C@@H]3CCC(=O)OC/C=C(\C)CCC[C@H](C)CCC[C@H](C)CCCC(C)C)[C@@]1(C)N.[Mg+2]. The standard InChI is InChI=1S/C55H76N5O5.Mg/c1-13-38-35(8)41-28-43-37(10)40(24-25-47(61)65-27-26-34(7)23-17-22-33(6)21-16-20-32(5)19-15-18-31(3)4)51(59-43)48-49(54(63)64-12)53(62)50-52(48)60-46(55(50,11)56)30-45-39(14-2)36(9)42(58-45)29-44(38)57-41;/h13,26,28-33,37,40,43,49H,1,14-25,27,56H2,2-12H3,(H-,59,60,62);/q-3;+2/p-1/b34-26+,41-28-,44-29-,46-30-;/t32-,33-,37+,40+,43?,49-,55+;/m1./s1. The first-order valence-corrected chi connectivity index (χ1v) is 24.4. The van der Waals surface area contributed by atoms with E-state index in [9.17, 15) is 14.4 Å². The van der Waals surface area contributed by atoms with E-state index in [1.807, 2.05) is 31.2 Å². The van der Waals surface area contributed by atoms with Gasteiger partial charge in [-0.3, -0.25) is 14.4 Å². The van der Waals surface area contributed by atoms with Crippen LogP contribution in [-0.4, -0.2) is 66.1 Å². The van der Waals surface area contributed by atoms with Crippen LogP contribution in [0, 0.1) is 49.4 Å². The van der Waals surface area contributed by atoms with Gasteiger partial charge in [0.15, 0.2) is 5.78 Å². The third-order valence-electron chi connectivity index (χ3n) is 14.7. The molecule has 0 saturated carbocycles. The molecule has 1 saturated heterocycles. The molecule has 2 aromatic rings. The summed E-state index contributed by atoms with van der Waals surface area (Å²) in [5.74, 6) is -0.883. The first kappa shape index (κ1) is 52.9. The number of ether oxygens (including phenoxy) is 2. The zero-order valence-corrected chi connectivity index (χ0v) is 43.4. The van der Waals surface area contributed by atoms with Gasteiger partial charge in [-0.05, 0) is 94.6 Å².